The van der Waals surface area contributed by atoms with Crippen LogP contribution >= 0.6 is 0 Å². The smallest absolute Gasteiger partial charge is 0.307 e. The Hall–Kier alpha value is -1.39. The lowest BCUT2D eigenvalue weighted by atomic mass is 9.97. The average molecular weight is 293 g/mol. The van der Waals surface area contributed by atoms with Crippen LogP contribution in [0.1, 0.15) is 36.5 Å². The first kappa shape index (κ1) is 17.7. The average Bonchev–Trinajstić information content (AvgIpc) is 2.42. The molecule has 1 aromatic rings. The molecular weight excluding hydrogens is 266 g/mol. The molecule has 0 aliphatic heterocycles. The van der Waals surface area contributed by atoms with Gasteiger partial charge in [0.05, 0.1) is 13.0 Å². The lowest BCUT2D eigenvalue weighted by molar-refractivity contribution is -0.143. The first-order valence-corrected chi connectivity index (χ1v) is 7.62. The van der Waals surface area contributed by atoms with E-state index < -0.39 is 0 Å². The molecule has 0 fully saturated rings. The first-order chi connectivity index (χ1) is 10.1. The Morgan fingerprint density at radius 2 is 2.14 bits per heavy atom. The molecule has 1 rings (SSSR count). The van der Waals surface area contributed by atoms with Gasteiger partial charge in [-0.25, -0.2) is 0 Å². The molecule has 118 valence electrons. The maximum absolute atomic E-state index is 11.7. The van der Waals surface area contributed by atoms with Crippen LogP contribution in [0.25, 0.3) is 0 Å². The Bertz CT molecular complexity index is 446. The van der Waals surface area contributed by atoms with Gasteiger partial charge in [-0.1, -0.05) is 23.8 Å². The van der Waals surface area contributed by atoms with Crippen LogP contribution < -0.4 is 5.32 Å². The summed E-state index contributed by atoms with van der Waals surface area (Å²) in [7, 11) is 0. The molecule has 0 spiro atoms. The van der Waals surface area contributed by atoms with E-state index in [1.807, 2.05) is 6.92 Å². The number of benzene rings is 1. The summed E-state index contributed by atoms with van der Waals surface area (Å²) in [5, 5.41) is 12.2. The topological polar surface area (TPSA) is 58.6 Å². The molecule has 0 saturated carbocycles. The predicted molar refractivity (Wildman–Crippen MR) is 84.4 cm³/mol. The van der Waals surface area contributed by atoms with Gasteiger partial charge in [-0.05, 0) is 51.3 Å². The number of hydrogen-bond donors (Lipinski definition) is 2. The molecule has 0 saturated heterocycles. The lowest BCUT2D eigenvalue weighted by Crippen LogP contribution is -2.35. The van der Waals surface area contributed by atoms with Crippen LogP contribution in [0.3, 0.4) is 0 Å². The summed E-state index contributed by atoms with van der Waals surface area (Å²) in [5.41, 5.74) is 3.73. The molecule has 0 aromatic heterocycles. The predicted octanol–water partition coefficient (Wildman–Crippen LogP) is 2.14. The summed E-state index contributed by atoms with van der Waals surface area (Å²) in [4.78, 5) is 11.7. The molecule has 0 radical (unpaired) electrons. The van der Waals surface area contributed by atoms with E-state index >= 15 is 0 Å². The van der Waals surface area contributed by atoms with Crippen molar-refractivity contribution < 1.29 is 14.6 Å². The zero-order valence-electron chi connectivity index (χ0n) is 13.3. The van der Waals surface area contributed by atoms with Crippen LogP contribution in [-0.4, -0.2) is 36.9 Å². The van der Waals surface area contributed by atoms with Gasteiger partial charge in [0.2, 0.25) is 0 Å². The minimum absolute atomic E-state index is 0.0389. The number of carbonyl (C=O) groups is 1. The molecule has 0 aliphatic rings. The van der Waals surface area contributed by atoms with E-state index in [9.17, 15) is 4.79 Å². The highest BCUT2D eigenvalue weighted by Gasteiger charge is 2.15. The monoisotopic (exact) mass is 293 g/mol. The second-order valence-corrected chi connectivity index (χ2v) is 5.37. The number of aryl methyl sites for hydroxylation is 2. The molecule has 21 heavy (non-hydrogen) atoms. The highest BCUT2D eigenvalue weighted by molar-refractivity contribution is 5.70. The molecule has 1 unspecified atom stereocenters. The van der Waals surface area contributed by atoms with E-state index in [1.165, 1.54) is 16.7 Å². The van der Waals surface area contributed by atoms with Gasteiger partial charge in [0.15, 0.2) is 0 Å². The maximum atomic E-state index is 11.7. The van der Waals surface area contributed by atoms with Crippen molar-refractivity contribution in [2.45, 2.75) is 46.1 Å². The highest BCUT2D eigenvalue weighted by atomic mass is 16.5. The van der Waals surface area contributed by atoms with Gasteiger partial charge in [-0.3, -0.25) is 4.79 Å². The largest absolute Gasteiger partial charge is 0.466 e. The van der Waals surface area contributed by atoms with E-state index in [0.29, 0.717) is 26.0 Å². The number of esters is 1. The van der Waals surface area contributed by atoms with Crippen LogP contribution in [-0.2, 0) is 16.0 Å². The Balaban J connectivity index is 2.68. The Morgan fingerprint density at radius 3 is 2.76 bits per heavy atom. The van der Waals surface area contributed by atoms with Crippen molar-refractivity contribution >= 4 is 5.97 Å². The van der Waals surface area contributed by atoms with E-state index in [1.54, 1.807) is 0 Å². The standard InChI is InChI=1S/C17H27NO3/c1-4-21-17(20)12-16(18-8-5-9-19)11-15-7-6-13(2)10-14(15)3/h6-7,10,16,18-19H,4-5,8-9,11-12H2,1-3H3. The first-order valence-electron chi connectivity index (χ1n) is 7.62. The van der Waals surface area contributed by atoms with Gasteiger partial charge in [0.25, 0.3) is 0 Å². The highest BCUT2D eigenvalue weighted by Crippen LogP contribution is 2.14. The lowest BCUT2D eigenvalue weighted by Gasteiger charge is -2.19. The molecule has 4 nitrogen and oxygen atoms in total. The molecule has 0 aliphatic carbocycles. The third-order valence-electron chi connectivity index (χ3n) is 3.45. The summed E-state index contributed by atoms with van der Waals surface area (Å²) in [6.45, 7) is 7.25. The van der Waals surface area contributed by atoms with Crippen molar-refractivity contribution in [1.82, 2.24) is 5.32 Å². The molecule has 0 bridgehead atoms. The van der Waals surface area contributed by atoms with Crippen LogP contribution in [0.15, 0.2) is 18.2 Å². The number of rotatable bonds is 9. The maximum Gasteiger partial charge on any atom is 0.307 e. The molecule has 2 N–H and O–H groups in total. The van der Waals surface area contributed by atoms with E-state index in [-0.39, 0.29) is 18.6 Å². The van der Waals surface area contributed by atoms with Crippen molar-refractivity contribution in [3.63, 3.8) is 0 Å². The van der Waals surface area contributed by atoms with Crippen LogP contribution in [0.5, 0.6) is 0 Å². The molecule has 0 amide bonds. The van der Waals surface area contributed by atoms with Crippen LogP contribution in [0.2, 0.25) is 0 Å². The number of aliphatic hydroxyl groups excluding tert-OH is 1. The summed E-state index contributed by atoms with van der Waals surface area (Å²) in [6, 6.07) is 6.41. The Kier molecular flexibility index (Phi) is 8.01. The van der Waals surface area contributed by atoms with Gasteiger partial charge < -0.3 is 15.2 Å². The molecule has 1 aromatic carbocycles. The number of carbonyl (C=O) groups excluding carboxylic acids is 1. The summed E-state index contributed by atoms with van der Waals surface area (Å²) in [5.74, 6) is -0.177. The van der Waals surface area contributed by atoms with Crippen molar-refractivity contribution in [1.29, 1.82) is 0 Å². The summed E-state index contributed by atoms with van der Waals surface area (Å²) >= 11 is 0. The fourth-order valence-corrected chi connectivity index (χ4v) is 2.36. The fraction of sp³-hybridized carbons (Fsp3) is 0.588. The van der Waals surface area contributed by atoms with E-state index in [0.717, 1.165) is 6.42 Å². The number of nitrogens with one attached hydrogen (secondary N) is 1. The summed E-state index contributed by atoms with van der Waals surface area (Å²) < 4.78 is 5.04. The quantitative estimate of drug-likeness (QED) is 0.541. The normalized spacial score (nSPS) is 12.2. The van der Waals surface area contributed by atoms with E-state index in [4.69, 9.17) is 9.84 Å². The zero-order valence-corrected chi connectivity index (χ0v) is 13.3. The minimum atomic E-state index is -0.177. The summed E-state index contributed by atoms with van der Waals surface area (Å²) in [6.07, 6.45) is 1.83. The van der Waals surface area contributed by atoms with Crippen molar-refractivity contribution in [3.05, 3.63) is 34.9 Å². The van der Waals surface area contributed by atoms with Gasteiger partial charge >= 0.3 is 5.97 Å². The Labute approximate surface area is 127 Å². The third kappa shape index (κ3) is 6.74. The SMILES string of the molecule is CCOC(=O)CC(Cc1ccc(C)cc1C)NCCCO. The van der Waals surface area contributed by atoms with Crippen molar-refractivity contribution in [3.8, 4) is 0 Å². The van der Waals surface area contributed by atoms with Crippen molar-refractivity contribution in [2.24, 2.45) is 0 Å². The van der Waals surface area contributed by atoms with Gasteiger partial charge in [0, 0.05) is 12.6 Å². The second-order valence-electron chi connectivity index (χ2n) is 5.37. The van der Waals surface area contributed by atoms with Gasteiger partial charge in [-0.2, -0.15) is 0 Å². The van der Waals surface area contributed by atoms with Gasteiger partial charge in [-0.15, -0.1) is 0 Å². The third-order valence-corrected chi connectivity index (χ3v) is 3.45. The van der Waals surface area contributed by atoms with Gasteiger partial charge in [0.1, 0.15) is 0 Å². The molecule has 1 atom stereocenters. The fourth-order valence-electron chi connectivity index (χ4n) is 2.36. The number of aliphatic hydroxyl groups is 1. The second kappa shape index (κ2) is 9.53. The van der Waals surface area contributed by atoms with Crippen LogP contribution in [0, 0.1) is 13.8 Å². The van der Waals surface area contributed by atoms with Crippen LogP contribution in [0.4, 0.5) is 0 Å². The molecule has 4 heteroatoms. The minimum Gasteiger partial charge on any atom is -0.466 e. The molecule has 0 heterocycles. The van der Waals surface area contributed by atoms with Crippen molar-refractivity contribution in [2.75, 3.05) is 19.8 Å². The number of ether oxygens (including phenoxy) is 1. The number of hydrogen-bond acceptors (Lipinski definition) is 4. The van der Waals surface area contributed by atoms with E-state index in [2.05, 4.69) is 37.4 Å². The zero-order chi connectivity index (χ0) is 15.7. The molecular formula is C17H27NO3. The Morgan fingerprint density at radius 1 is 1.38 bits per heavy atom.